The Balaban J connectivity index is 0.000000461. The largest absolute Gasteiger partial charge is 0.309 e. The molecule has 1 heterocycles. The van der Waals surface area contributed by atoms with Crippen molar-refractivity contribution in [3.05, 3.63) is 36.5 Å². The predicted molar refractivity (Wildman–Crippen MR) is 51.6 cm³/mol. The van der Waals surface area contributed by atoms with E-state index in [0.717, 1.165) is 13.1 Å². The van der Waals surface area contributed by atoms with Gasteiger partial charge >= 0.3 is 0 Å². The first-order valence-corrected chi connectivity index (χ1v) is 4.06. The summed E-state index contributed by atoms with van der Waals surface area (Å²) in [6.45, 7) is 13.3. The minimum absolute atomic E-state index is 0.949. The fourth-order valence-corrected chi connectivity index (χ4v) is 0.965. The lowest BCUT2D eigenvalue weighted by Gasteiger charge is -1.90. The molecular formula is C10H17N. The van der Waals surface area contributed by atoms with Crippen molar-refractivity contribution in [3.8, 4) is 0 Å². The SMILES string of the molecule is C=CC1=C(C=C)CNC1.CC. The predicted octanol–water partition coefficient (Wildman–Crippen LogP) is 2.28. The van der Waals surface area contributed by atoms with Gasteiger partial charge in [0.1, 0.15) is 0 Å². The molecule has 0 saturated heterocycles. The first kappa shape index (κ1) is 10.2. The van der Waals surface area contributed by atoms with Crippen LogP contribution < -0.4 is 5.32 Å². The molecule has 0 aliphatic carbocycles. The van der Waals surface area contributed by atoms with E-state index in [4.69, 9.17) is 0 Å². The molecule has 1 N–H and O–H groups in total. The smallest absolute Gasteiger partial charge is 0.0211 e. The van der Waals surface area contributed by atoms with Crippen molar-refractivity contribution in [1.29, 1.82) is 0 Å². The highest BCUT2D eigenvalue weighted by molar-refractivity contribution is 5.36. The molecule has 0 atom stereocenters. The highest BCUT2D eigenvalue weighted by Gasteiger charge is 2.06. The Morgan fingerprint density at radius 3 is 1.73 bits per heavy atom. The fraction of sp³-hybridized carbons (Fsp3) is 0.400. The van der Waals surface area contributed by atoms with Gasteiger partial charge in [0.2, 0.25) is 0 Å². The van der Waals surface area contributed by atoms with Crippen LogP contribution in [0.25, 0.3) is 0 Å². The summed E-state index contributed by atoms with van der Waals surface area (Å²) >= 11 is 0. The summed E-state index contributed by atoms with van der Waals surface area (Å²) in [6, 6.07) is 0. The van der Waals surface area contributed by atoms with Crippen LogP contribution in [0.5, 0.6) is 0 Å². The Hall–Kier alpha value is -0.820. The minimum Gasteiger partial charge on any atom is -0.309 e. The highest BCUT2D eigenvalue weighted by atomic mass is 14.9. The van der Waals surface area contributed by atoms with E-state index in [9.17, 15) is 0 Å². The second-order valence-electron chi connectivity index (χ2n) is 2.06. The van der Waals surface area contributed by atoms with Crippen molar-refractivity contribution in [1.82, 2.24) is 5.32 Å². The Morgan fingerprint density at radius 2 is 1.45 bits per heavy atom. The average molecular weight is 151 g/mol. The first-order valence-electron chi connectivity index (χ1n) is 4.06. The Morgan fingerprint density at radius 1 is 1.09 bits per heavy atom. The van der Waals surface area contributed by atoms with Gasteiger partial charge in [-0.1, -0.05) is 39.2 Å². The maximum absolute atomic E-state index is 3.70. The molecule has 11 heavy (non-hydrogen) atoms. The van der Waals surface area contributed by atoms with Crippen LogP contribution in [0.1, 0.15) is 13.8 Å². The quantitative estimate of drug-likeness (QED) is 0.638. The third-order valence-electron chi connectivity index (χ3n) is 1.54. The molecule has 0 amide bonds. The molecule has 62 valence electrons. The van der Waals surface area contributed by atoms with E-state index in [2.05, 4.69) is 18.5 Å². The van der Waals surface area contributed by atoms with Crippen molar-refractivity contribution >= 4 is 0 Å². The van der Waals surface area contributed by atoms with E-state index in [0.29, 0.717) is 0 Å². The van der Waals surface area contributed by atoms with E-state index < -0.39 is 0 Å². The lowest BCUT2D eigenvalue weighted by atomic mass is 10.1. The molecule has 0 bridgehead atoms. The lowest BCUT2D eigenvalue weighted by Crippen LogP contribution is -2.08. The van der Waals surface area contributed by atoms with Gasteiger partial charge in [0.25, 0.3) is 0 Å². The minimum atomic E-state index is 0.949. The summed E-state index contributed by atoms with van der Waals surface area (Å²) in [6.07, 6.45) is 3.77. The van der Waals surface area contributed by atoms with Crippen LogP contribution in [-0.2, 0) is 0 Å². The normalized spacial score (nSPS) is 15.5. The summed E-state index contributed by atoms with van der Waals surface area (Å²) < 4.78 is 0. The molecule has 1 aliphatic heterocycles. The molecule has 1 heteroatoms. The van der Waals surface area contributed by atoms with Crippen LogP contribution in [0.3, 0.4) is 0 Å². The molecule has 0 radical (unpaired) electrons. The van der Waals surface area contributed by atoms with Gasteiger partial charge in [0.15, 0.2) is 0 Å². The molecule has 0 fully saturated rings. The Labute approximate surface area is 69.5 Å². The number of nitrogens with one attached hydrogen (secondary N) is 1. The topological polar surface area (TPSA) is 12.0 Å². The van der Waals surface area contributed by atoms with E-state index in [1.165, 1.54) is 11.1 Å². The van der Waals surface area contributed by atoms with Gasteiger partial charge in [-0.2, -0.15) is 0 Å². The van der Waals surface area contributed by atoms with Crippen molar-refractivity contribution in [2.45, 2.75) is 13.8 Å². The van der Waals surface area contributed by atoms with Crippen molar-refractivity contribution in [2.24, 2.45) is 0 Å². The molecule has 0 aromatic rings. The number of hydrogen-bond acceptors (Lipinski definition) is 1. The van der Waals surface area contributed by atoms with Crippen molar-refractivity contribution < 1.29 is 0 Å². The summed E-state index contributed by atoms with van der Waals surface area (Å²) in [7, 11) is 0. The molecule has 0 unspecified atom stereocenters. The van der Waals surface area contributed by atoms with Gasteiger partial charge in [-0.25, -0.2) is 0 Å². The van der Waals surface area contributed by atoms with Gasteiger partial charge in [-0.3, -0.25) is 0 Å². The Bertz CT molecular complexity index is 148. The molecule has 1 nitrogen and oxygen atoms in total. The van der Waals surface area contributed by atoms with Crippen LogP contribution in [0.15, 0.2) is 36.5 Å². The lowest BCUT2D eigenvalue weighted by molar-refractivity contribution is 0.874. The molecular weight excluding hydrogens is 134 g/mol. The van der Waals surface area contributed by atoms with Gasteiger partial charge in [-0.15, -0.1) is 0 Å². The van der Waals surface area contributed by atoms with E-state index in [1.54, 1.807) is 0 Å². The van der Waals surface area contributed by atoms with Crippen LogP contribution in [0, 0.1) is 0 Å². The third kappa shape index (κ3) is 2.72. The highest BCUT2D eigenvalue weighted by Crippen LogP contribution is 2.10. The van der Waals surface area contributed by atoms with Crippen molar-refractivity contribution in [2.75, 3.05) is 13.1 Å². The molecule has 0 saturated carbocycles. The number of rotatable bonds is 2. The second kappa shape index (κ2) is 5.93. The zero-order chi connectivity index (χ0) is 8.69. The van der Waals surface area contributed by atoms with E-state index in [1.807, 2.05) is 26.0 Å². The molecule has 1 rings (SSSR count). The summed E-state index contributed by atoms with van der Waals surface area (Å²) in [5.74, 6) is 0. The standard InChI is InChI=1S/C8H11N.C2H6/c1-3-7-5-9-6-8(7)4-2;1-2/h3-4,9H,1-2,5-6H2;1-2H3. The van der Waals surface area contributed by atoms with E-state index >= 15 is 0 Å². The van der Waals surface area contributed by atoms with Gasteiger partial charge < -0.3 is 5.32 Å². The van der Waals surface area contributed by atoms with Crippen LogP contribution >= 0.6 is 0 Å². The molecule has 0 aromatic carbocycles. The molecule has 0 aromatic heterocycles. The van der Waals surface area contributed by atoms with Gasteiger partial charge in [0.05, 0.1) is 0 Å². The van der Waals surface area contributed by atoms with Crippen LogP contribution in [-0.4, -0.2) is 13.1 Å². The second-order valence-corrected chi connectivity index (χ2v) is 2.06. The average Bonchev–Trinajstić information content (AvgIpc) is 2.54. The molecule has 0 spiro atoms. The monoisotopic (exact) mass is 151 g/mol. The molecule has 1 aliphatic rings. The summed E-state index contributed by atoms with van der Waals surface area (Å²) in [5.41, 5.74) is 2.56. The third-order valence-corrected chi connectivity index (χ3v) is 1.54. The zero-order valence-electron chi connectivity index (χ0n) is 7.48. The van der Waals surface area contributed by atoms with Gasteiger partial charge in [0, 0.05) is 13.1 Å². The maximum Gasteiger partial charge on any atom is 0.0211 e. The maximum atomic E-state index is 3.70. The first-order chi connectivity index (χ1) is 5.38. The fourth-order valence-electron chi connectivity index (χ4n) is 0.965. The van der Waals surface area contributed by atoms with Crippen LogP contribution in [0.4, 0.5) is 0 Å². The van der Waals surface area contributed by atoms with Crippen molar-refractivity contribution in [3.63, 3.8) is 0 Å². The van der Waals surface area contributed by atoms with Gasteiger partial charge in [-0.05, 0) is 11.1 Å². The summed E-state index contributed by atoms with van der Waals surface area (Å²) in [5, 5.41) is 3.21. The summed E-state index contributed by atoms with van der Waals surface area (Å²) in [4.78, 5) is 0. The van der Waals surface area contributed by atoms with E-state index in [-0.39, 0.29) is 0 Å². The van der Waals surface area contributed by atoms with Crippen LogP contribution in [0.2, 0.25) is 0 Å². The number of hydrogen-bond donors (Lipinski definition) is 1. The zero-order valence-corrected chi connectivity index (χ0v) is 7.48. The Kier molecular flexibility index (Phi) is 5.49.